The van der Waals surface area contributed by atoms with Gasteiger partial charge in [0.15, 0.2) is 60.1 Å². The smallest absolute Gasteiger partial charge is 0.325 e. The molecule has 0 aromatic carbocycles. The molecule has 26 heteroatoms. The second-order valence-corrected chi connectivity index (χ2v) is 14.6. The van der Waals surface area contributed by atoms with Gasteiger partial charge in [0.1, 0.15) is 24.6 Å². The Bertz CT molecular complexity index is 1890. The molecule has 250 valence electrons. The standard InChI is InChI=1S/C20H25F2N11O9P2S2/c21-8-6(1-2-38-43(36)45)40-19(32-5-27-11-16(32)28-20(24)29-17(11)35)13(8)42-44(37,46)39-3-7-12(34)9(22)18(41-7)33-15-10(30-31-33)14(23)25-4-26-15/h4-9,12-13,18-19,34,43H,1-3H2,(H,36,45)(H,37,46)(H2,23,25,26)(H3,24,28,29,35)/t6-,7-,8-,9+,12-,13-,18-,19-,44?/m1/s1. The lowest BCUT2D eigenvalue weighted by Crippen LogP contribution is -2.33. The normalized spacial score (nSPS) is 30.3. The van der Waals surface area contributed by atoms with Gasteiger partial charge in [-0.15, -0.1) is 5.10 Å². The quantitative estimate of drug-likeness (QED) is 0.0997. The van der Waals surface area contributed by atoms with Gasteiger partial charge in [-0.3, -0.25) is 18.9 Å². The molecule has 2 aliphatic heterocycles. The molecule has 4 aromatic heterocycles. The molecule has 2 aliphatic rings. The number of nitrogens with two attached hydrogens (primary N) is 2. The van der Waals surface area contributed by atoms with Crippen LogP contribution in [0, 0.1) is 0 Å². The average Bonchev–Trinajstić information content (AvgIpc) is 3.74. The molecule has 8 N–H and O–H groups in total. The van der Waals surface area contributed by atoms with Gasteiger partial charge in [-0.05, 0) is 23.6 Å². The second kappa shape index (κ2) is 13.1. The maximum atomic E-state index is 15.8. The molecule has 0 aliphatic carbocycles. The van der Waals surface area contributed by atoms with Crippen molar-refractivity contribution in [2.24, 2.45) is 0 Å². The Balaban J connectivity index is 1.19. The van der Waals surface area contributed by atoms with Crippen LogP contribution in [0.1, 0.15) is 18.9 Å². The molecule has 10 atom stereocenters. The highest BCUT2D eigenvalue weighted by atomic mass is 32.5. The lowest BCUT2D eigenvalue weighted by Gasteiger charge is -2.26. The van der Waals surface area contributed by atoms with E-state index >= 15 is 8.78 Å². The number of hydrogen-bond acceptors (Lipinski definition) is 17. The summed E-state index contributed by atoms with van der Waals surface area (Å²) in [6.07, 6.45) is -10.9. The van der Waals surface area contributed by atoms with Crippen LogP contribution >= 0.6 is 13.9 Å². The zero-order valence-electron chi connectivity index (χ0n) is 22.9. The van der Waals surface area contributed by atoms with Crippen molar-refractivity contribution in [2.45, 2.75) is 55.6 Å². The number of rotatable bonds is 11. The third kappa shape index (κ3) is 6.40. The van der Waals surface area contributed by atoms with Gasteiger partial charge < -0.3 is 44.9 Å². The summed E-state index contributed by atoms with van der Waals surface area (Å²) in [6.45, 7) is -5.25. The van der Waals surface area contributed by atoms with E-state index in [2.05, 4.69) is 47.0 Å². The number of imidazole rings is 1. The summed E-state index contributed by atoms with van der Waals surface area (Å²) in [5.74, 6) is -0.267. The topological polar surface area (TPSA) is 279 Å². The molecule has 4 aromatic rings. The fourth-order valence-electron chi connectivity index (χ4n) is 5.00. The molecule has 0 amide bonds. The van der Waals surface area contributed by atoms with E-state index in [9.17, 15) is 19.7 Å². The van der Waals surface area contributed by atoms with Crippen molar-refractivity contribution < 1.29 is 46.7 Å². The van der Waals surface area contributed by atoms with E-state index in [1.165, 1.54) is 4.57 Å². The predicted octanol–water partition coefficient (Wildman–Crippen LogP) is -1.13. The first-order valence-corrected chi connectivity index (χ1v) is 18.2. The maximum absolute atomic E-state index is 15.8. The van der Waals surface area contributed by atoms with Crippen LogP contribution in [0.2, 0.25) is 0 Å². The minimum atomic E-state index is -4.39. The van der Waals surface area contributed by atoms with E-state index in [0.29, 0.717) is 0 Å². The number of nitrogens with zero attached hydrogens (tertiary/aromatic N) is 8. The number of nitrogens with one attached hydrogen (secondary N) is 1. The van der Waals surface area contributed by atoms with Gasteiger partial charge >= 0.3 is 6.72 Å². The van der Waals surface area contributed by atoms with Crippen molar-refractivity contribution in [3.05, 3.63) is 23.0 Å². The van der Waals surface area contributed by atoms with Crippen LogP contribution in [-0.4, -0.2) is 109 Å². The minimum absolute atomic E-state index is 0.00703. The van der Waals surface area contributed by atoms with E-state index in [4.69, 9.17) is 46.3 Å². The summed E-state index contributed by atoms with van der Waals surface area (Å²) in [4.78, 5) is 50.7. The molecule has 6 rings (SSSR count). The number of hydrogen-bond donors (Lipinski definition) is 6. The van der Waals surface area contributed by atoms with Crippen LogP contribution in [0.5, 0.6) is 0 Å². The Kier molecular flexibility index (Phi) is 9.41. The van der Waals surface area contributed by atoms with Crippen molar-refractivity contribution in [3.8, 4) is 0 Å². The van der Waals surface area contributed by atoms with E-state index in [1.807, 2.05) is 0 Å². The molecular formula is C20H25F2N11O9P2S2. The van der Waals surface area contributed by atoms with Gasteiger partial charge in [-0.2, -0.15) is 9.67 Å². The first-order valence-electron chi connectivity index (χ1n) is 13.2. The van der Waals surface area contributed by atoms with Gasteiger partial charge in [0.05, 0.1) is 25.6 Å². The van der Waals surface area contributed by atoms with Crippen molar-refractivity contribution in [2.75, 3.05) is 24.7 Å². The number of alkyl halides is 2. The highest BCUT2D eigenvalue weighted by Gasteiger charge is 2.51. The number of halogens is 2. The van der Waals surface area contributed by atoms with E-state index < -0.39 is 75.3 Å². The number of aliphatic hydroxyl groups is 1. The Morgan fingerprint density at radius 1 is 1.13 bits per heavy atom. The van der Waals surface area contributed by atoms with Gasteiger partial charge in [0, 0.05) is 6.42 Å². The summed E-state index contributed by atoms with van der Waals surface area (Å²) in [5.41, 5.74) is 10.7. The van der Waals surface area contributed by atoms with E-state index in [1.54, 1.807) is 0 Å². The Hall–Kier alpha value is -2.73. The van der Waals surface area contributed by atoms with E-state index in [-0.39, 0.29) is 47.1 Å². The number of ether oxygens (including phenoxy) is 2. The SMILES string of the molecule is Nc1nc2c(ncn2[C@@H]2O[C@H](CCO[PH](O)=S)[C@@H](F)[C@H]2OP(O)(=S)OC[C@H]2O[C@@H](n3nnc4c(N)ncnc43)[C@@H](F)[C@@H]2O)c(=O)[nH]1. The Labute approximate surface area is 265 Å². The fourth-order valence-corrected chi connectivity index (χ4v) is 6.94. The van der Waals surface area contributed by atoms with Crippen LogP contribution in [0.25, 0.3) is 22.3 Å². The first-order chi connectivity index (χ1) is 21.8. The molecule has 0 radical (unpaired) electrons. The highest BCUT2D eigenvalue weighted by Crippen LogP contribution is 2.51. The molecule has 2 unspecified atom stereocenters. The van der Waals surface area contributed by atoms with Crippen molar-refractivity contribution in [3.63, 3.8) is 0 Å². The van der Waals surface area contributed by atoms with Gasteiger partial charge in [-0.25, -0.2) is 23.7 Å². The van der Waals surface area contributed by atoms with Crippen LogP contribution < -0.4 is 17.0 Å². The van der Waals surface area contributed by atoms with Crippen LogP contribution in [0.3, 0.4) is 0 Å². The number of fused-ring (bicyclic) bond motifs is 2. The lowest BCUT2D eigenvalue weighted by atomic mass is 10.1. The zero-order chi connectivity index (χ0) is 32.9. The number of aromatic nitrogens is 9. The molecule has 20 nitrogen and oxygen atoms in total. The third-order valence-electron chi connectivity index (χ3n) is 7.10. The second-order valence-electron chi connectivity index (χ2n) is 9.99. The van der Waals surface area contributed by atoms with Gasteiger partial charge in [0.2, 0.25) is 5.95 Å². The average molecular weight is 728 g/mol. The Morgan fingerprint density at radius 2 is 1.89 bits per heavy atom. The Morgan fingerprint density at radius 3 is 2.65 bits per heavy atom. The van der Waals surface area contributed by atoms with Gasteiger partial charge in [0.25, 0.3) is 5.56 Å². The molecule has 0 bridgehead atoms. The van der Waals surface area contributed by atoms with Crippen LogP contribution in [0.4, 0.5) is 20.5 Å². The third-order valence-corrected chi connectivity index (χ3v) is 9.46. The number of aromatic amines is 1. The van der Waals surface area contributed by atoms with E-state index in [0.717, 1.165) is 17.3 Å². The minimum Gasteiger partial charge on any atom is -0.387 e. The number of anilines is 2. The summed E-state index contributed by atoms with van der Waals surface area (Å²) in [7, 11) is -2.49. The number of nitrogen functional groups attached to an aromatic ring is 2. The highest BCUT2D eigenvalue weighted by molar-refractivity contribution is 8.07. The summed E-state index contributed by atoms with van der Waals surface area (Å²) < 4.78 is 60.6. The largest absolute Gasteiger partial charge is 0.387 e. The molecule has 0 spiro atoms. The van der Waals surface area contributed by atoms with Gasteiger partial charge in [-0.1, -0.05) is 5.21 Å². The molecular weight excluding hydrogens is 702 g/mol. The van der Waals surface area contributed by atoms with Crippen molar-refractivity contribution in [1.82, 2.24) is 44.5 Å². The molecule has 2 fully saturated rings. The summed E-state index contributed by atoms with van der Waals surface area (Å²) in [5, 5.41) is 18.1. The zero-order valence-corrected chi connectivity index (χ0v) is 26.5. The monoisotopic (exact) mass is 727 g/mol. The fraction of sp³-hybridized carbons (Fsp3) is 0.550. The number of H-pyrrole nitrogens is 1. The van der Waals surface area contributed by atoms with Crippen molar-refractivity contribution >= 4 is 71.6 Å². The van der Waals surface area contributed by atoms with Crippen molar-refractivity contribution in [1.29, 1.82) is 0 Å². The van der Waals surface area contributed by atoms with Crippen LogP contribution in [-0.2, 0) is 46.7 Å². The molecule has 0 saturated carbocycles. The van der Waals surface area contributed by atoms with Crippen LogP contribution in [0.15, 0.2) is 17.4 Å². The summed E-state index contributed by atoms with van der Waals surface area (Å²) in [6, 6.07) is 0. The molecule has 6 heterocycles. The number of aliphatic hydroxyl groups excluding tert-OH is 1. The maximum Gasteiger partial charge on any atom is 0.325 e. The molecule has 46 heavy (non-hydrogen) atoms. The molecule has 2 saturated heterocycles. The summed E-state index contributed by atoms with van der Waals surface area (Å²) >= 11 is 9.77. The first kappa shape index (κ1) is 33.2. The lowest BCUT2D eigenvalue weighted by molar-refractivity contribution is -0.0555. The predicted molar refractivity (Wildman–Crippen MR) is 160 cm³/mol.